The van der Waals surface area contributed by atoms with Gasteiger partial charge in [-0.15, -0.1) is 11.3 Å². The molecular weight excluding hydrogens is 998 g/mol. The van der Waals surface area contributed by atoms with Crippen LogP contribution >= 0.6 is 11.3 Å². The lowest BCUT2D eigenvalue weighted by Gasteiger charge is -2.46. The Morgan fingerprint density at radius 1 is 0.346 bits per heavy atom. The smallest absolute Gasteiger partial charge is 0.333 e. The molecule has 0 spiro atoms. The van der Waals surface area contributed by atoms with Gasteiger partial charge < -0.3 is 14.6 Å². The minimum Gasteiger partial charge on any atom is -0.376 e. The molecule has 11 aromatic rings. The number of benzene rings is 10. The molecule has 3 nitrogen and oxygen atoms in total. The Balaban J connectivity index is 1.15. The average Bonchev–Trinajstić information content (AvgIpc) is 4.03. The monoisotopic (exact) mass is 1070 g/mol. The van der Waals surface area contributed by atoms with Crippen molar-refractivity contribution in [1.29, 1.82) is 0 Å². The third-order valence-corrected chi connectivity index (χ3v) is 18.2. The summed E-state index contributed by atoms with van der Waals surface area (Å²) in [6, 6.07) is 83.7. The maximum absolute atomic E-state index is 2.68. The molecule has 2 aliphatic rings. The molecule has 0 fully saturated rings. The van der Waals surface area contributed by atoms with Gasteiger partial charge in [-0.05, 0) is 168 Å². The standard InChI is InChI=1S/C76H72BN3S/c1-73(2,3)52-27-34-56(35-28-52)78(57-36-29-53(30-37-57)74(4,5)6)59-40-42-67-62(46-59)64-43-51(49-21-15-13-16-22-49)44-69-72(64)77(80(67)58-38-31-54(32-39-58)75(7,8)9)65-47-63-60-25-19-20-26-70(60)81-71(63)48-68(65)79(69)66-41-33-55(76(10,11)12)45-61(66)50-23-17-14-18-24-50/h13-48H,1-12H3. The summed E-state index contributed by atoms with van der Waals surface area (Å²) >= 11 is 1.89. The summed E-state index contributed by atoms with van der Waals surface area (Å²) in [6.07, 6.45) is 0. The second kappa shape index (κ2) is 19.3. The molecule has 2 aliphatic heterocycles. The van der Waals surface area contributed by atoms with E-state index in [4.69, 9.17) is 0 Å². The van der Waals surface area contributed by atoms with Crippen molar-refractivity contribution < 1.29 is 0 Å². The van der Waals surface area contributed by atoms with Gasteiger partial charge >= 0.3 is 6.85 Å². The normalized spacial score (nSPS) is 13.4. The number of rotatable bonds is 7. The first-order chi connectivity index (χ1) is 38.7. The van der Waals surface area contributed by atoms with Crippen LogP contribution in [0, 0.1) is 0 Å². The highest BCUT2D eigenvalue weighted by atomic mass is 32.1. The first-order valence-electron chi connectivity index (χ1n) is 28.9. The molecule has 0 N–H and O–H groups in total. The molecule has 0 saturated heterocycles. The first kappa shape index (κ1) is 52.3. The summed E-state index contributed by atoms with van der Waals surface area (Å²) in [7, 11) is 0. The second-order valence-corrected chi connectivity index (χ2v) is 27.8. The molecule has 0 saturated carbocycles. The minimum atomic E-state index is -0.187. The molecular formula is C76H72BN3S. The third kappa shape index (κ3) is 9.24. The lowest BCUT2D eigenvalue weighted by molar-refractivity contribution is 0.590. The predicted molar refractivity (Wildman–Crippen MR) is 353 cm³/mol. The summed E-state index contributed by atoms with van der Waals surface area (Å²) in [5.41, 5.74) is 24.2. The number of nitrogens with zero attached hydrogens (tertiary/aromatic N) is 3. The van der Waals surface area contributed by atoms with Gasteiger partial charge in [0, 0.05) is 71.1 Å². The molecule has 5 heteroatoms. The van der Waals surface area contributed by atoms with E-state index in [-0.39, 0.29) is 28.5 Å². The van der Waals surface area contributed by atoms with Crippen LogP contribution < -0.4 is 25.5 Å². The fraction of sp³-hybridized carbons (Fsp3) is 0.211. The van der Waals surface area contributed by atoms with Gasteiger partial charge in [0.1, 0.15) is 0 Å². The summed E-state index contributed by atoms with van der Waals surface area (Å²) < 4.78 is 2.58. The fourth-order valence-corrected chi connectivity index (χ4v) is 13.6. The zero-order valence-electron chi connectivity index (χ0n) is 49.1. The van der Waals surface area contributed by atoms with Gasteiger partial charge in [0.15, 0.2) is 0 Å². The zero-order valence-corrected chi connectivity index (χ0v) is 49.9. The van der Waals surface area contributed by atoms with Gasteiger partial charge in [0.05, 0.1) is 5.69 Å². The van der Waals surface area contributed by atoms with Gasteiger partial charge in [0.2, 0.25) is 0 Å². The van der Waals surface area contributed by atoms with Gasteiger partial charge in [-0.25, -0.2) is 0 Å². The molecule has 3 heterocycles. The molecule has 0 unspecified atom stereocenters. The maximum Gasteiger partial charge on any atom is 0.333 e. The van der Waals surface area contributed by atoms with Crippen LogP contribution in [0.1, 0.15) is 105 Å². The van der Waals surface area contributed by atoms with Crippen LogP contribution in [0.15, 0.2) is 218 Å². The number of hydrogen-bond acceptors (Lipinski definition) is 4. The molecule has 0 radical (unpaired) electrons. The van der Waals surface area contributed by atoms with Crippen molar-refractivity contribution in [3.05, 3.63) is 241 Å². The Hall–Kier alpha value is -8.12. The van der Waals surface area contributed by atoms with Crippen molar-refractivity contribution in [2.24, 2.45) is 0 Å². The van der Waals surface area contributed by atoms with Crippen LogP contribution in [0.3, 0.4) is 0 Å². The van der Waals surface area contributed by atoms with Crippen LogP contribution in [-0.4, -0.2) is 6.85 Å². The lowest BCUT2D eigenvalue weighted by atomic mass is 9.43. The van der Waals surface area contributed by atoms with Gasteiger partial charge in [-0.1, -0.05) is 210 Å². The van der Waals surface area contributed by atoms with E-state index in [1.807, 2.05) is 11.3 Å². The Morgan fingerprint density at radius 3 is 1.46 bits per heavy atom. The molecule has 10 aromatic carbocycles. The third-order valence-electron chi connectivity index (χ3n) is 17.1. The minimum absolute atomic E-state index is 0.0109. The molecule has 400 valence electrons. The Labute approximate surface area is 485 Å². The van der Waals surface area contributed by atoms with E-state index < -0.39 is 0 Å². The van der Waals surface area contributed by atoms with Crippen LogP contribution in [0.4, 0.5) is 45.5 Å². The van der Waals surface area contributed by atoms with E-state index in [1.54, 1.807) is 0 Å². The summed E-state index contributed by atoms with van der Waals surface area (Å²) in [5, 5.41) is 2.59. The van der Waals surface area contributed by atoms with Crippen LogP contribution in [0.2, 0.25) is 0 Å². The van der Waals surface area contributed by atoms with Crippen molar-refractivity contribution in [1.82, 2.24) is 0 Å². The van der Waals surface area contributed by atoms with Crippen LogP contribution in [0.5, 0.6) is 0 Å². The Morgan fingerprint density at radius 2 is 0.864 bits per heavy atom. The average molecular weight is 1070 g/mol. The van der Waals surface area contributed by atoms with Crippen molar-refractivity contribution in [3.63, 3.8) is 0 Å². The number of hydrogen-bond donors (Lipinski definition) is 0. The van der Waals surface area contributed by atoms with Crippen molar-refractivity contribution in [2.45, 2.75) is 105 Å². The van der Waals surface area contributed by atoms with E-state index in [2.05, 4.69) is 316 Å². The molecule has 13 rings (SSSR count). The van der Waals surface area contributed by atoms with E-state index in [0.717, 1.165) is 28.4 Å². The van der Waals surface area contributed by atoms with E-state index in [9.17, 15) is 0 Å². The summed E-state index contributed by atoms with van der Waals surface area (Å²) in [4.78, 5) is 7.78. The van der Waals surface area contributed by atoms with Gasteiger partial charge in [-0.3, -0.25) is 0 Å². The molecule has 0 aliphatic carbocycles. The SMILES string of the molecule is CC(C)(C)c1ccc(N2B3c4cc5c(cc4N(c4ccc(C(C)(C)C)cc4-c4ccccc4)c4cc(-c6ccccc6)cc(c43)-c3cc(N(c4ccc(C(C)(C)C)cc4)c4ccc(C(C)(C)C)cc4)ccc32)sc2ccccc25)cc1. The molecule has 0 atom stereocenters. The fourth-order valence-electron chi connectivity index (χ4n) is 12.5. The molecule has 0 bridgehead atoms. The van der Waals surface area contributed by atoms with E-state index >= 15 is 0 Å². The van der Waals surface area contributed by atoms with Crippen molar-refractivity contribution in [2.75, 3.05) is 14.6 Å². The zero-order chi connectivity index (χ0) is 56.3. The highest BCUT2D eigenvalue weighted by Gasteiger charge is 2.46. The highest BCUT2D eigenvalue weighted by Crippen LogP contribution is 2.53. The number of fused-ring (bicyclic) bond motifs is 7. The van der Waals surface area contributed by atoms with Gasteiger partial charge in [0.25, 0.3) is 0 Å². The highest BCUT2D eigenvalue weighted by molar-refractivity contribution is 7.26. The number of thiophene rings is 1. The molecule has 81 heavy (non-hydrogen) atoms. The number of anilines is 8. The largest absolute Gasteiger partial charge is 0.376 e. The van der Waals surface area contributed by atoms with Gasteiger partial charge in [-0.2, -0.15) is 0 Å². The summed E-state index contributed by atoms with van der Waals surface area (Å²) in [6.45, 7) is 27.5. The predicted octanol–water partition coefficient (Wildman–Crippen LogP) is 20.8. The van der Waals surface area contributed by atoms with Crippen molar-refractivity contribution >= 4 is 94.8 Å². The second-order valence-electron chi connectivity index (χ2n) is 26.7. The lowest BCUT2D eigenvalue weighted by Crippen LogP contribution is -2.61. The molecule has 1 aromatic heterocycles. The Kier molecular flexibility index (Phi) is 12.4. The Bertz CT molecular complexity index is 4130. The summed E-state index contributed by atoms with van der Waals surface area (Å²) in [5.74, 6) is 0. The van der Waals surface area contributed by atoms with E-state index in [1.165, 1.54) is 104 Å². The maximum atomic E-state index is 2.68. The van der Waals surface area contributed by atoms with Crippen LogP contribution in [-0.2, 0) is 21.7 Å². The molecule has 0 amide bonds. The topological polar surface area (TPSA) is 9.72 Å². The quantitative estimate of drug-likeness (QED) is 0.147. The van der Waals surface area contributed by atoms with E-state index in [0.29, 0.717) is 0 Å². The van der Waals surface area contributed by atoms with Crippen molar-refractivity contribution in [3.8, 4) is 33.4 Å². The first-order valence-corrected chi connectivity index (χ1v) is 29.7. The van der Waals surface area contributed by atoms with Crippen LogP contribution in [0.25, 0.3) is 53.6 Å².